The second-order valence-electron chi connectivity index (χ2n) is 8.08. The Morgan fingerprint density at radius 3 is 2.84 bits per heavy atom. The number of hydrogen-bond acceptors (Lipinski definition) is 9. The van der Waals surface area contributed by atoms with Crippen LogP contribution in [0.3, 0.4) is 0 Å². The Morgan fingerprint density at radius 2 is 2.13 bits per heavy atom. The highest BCUT2D eigenvalue weighted by molar-refractivity contribution is 7.99. The molecule has 5 rings (SSSR count). The van der Waals surface area contributed by atoms with E-state index in [-0.39, 0.29) is 24.0 Å². The molecule has 0 bridgehead atoms. The van der Waals surface area contributed by atoms with Crippen LogP contribution in [-0.2, 0) is 9.53 Å². The number of rotatable bonds is 3. The molecule has 2 fully saturated rings. The fourth-order valence-electron chi connectivity index (χ4n) is 4.26. The Labute approximate surface area is 188 Å². The van der Waals surface area contributed by atoms with Gasteiger partial charge in [-0.1, -0.05) is 23.4 Å². The number of nitrogen functional groups attached to an aromatic ring is 1. The Balaban J connectivity index is 1.31. The van der Waals surface area contributed by atoms with Gasteiger partial charge in [0.25, 0.3) is 5.91 Å². The molecule has 9 nitrogen and oxygen atoms in total. The lowest BCUT2D eigenvalue weighted by Crippen LogP contribution is -2.49. The van der Waals surface area contributed by atoms with Crippen molar-refractivity contribution in [2.24, 2.45) is 11.1 Å². The Kier molecular flexibility index (Phi) is 5.33. The summed E-state index contributed by atoms with van der Waals surface area (Å²) in [6.07, 6.45) is 3.66. The number of nitrogens with one attached hydrogen (secondary N) is 1. The smallest absolute Gasteiger partial charge is 0.262 e. The number of carbonyl (C=O) groups is 1. The standard InChI is InChI=1S/C20H23ClN6O3S/c21-16-12(2-1-11-17(16)26-15(28)9-30-11)31-19-18(23)25-14(7-24-19)27-5-3-20(4-6-27)10-29-8-13(20)22/h1-2,7,13H,3-6,8-10,22H2,(H2,23,25)(H,26,28). The summed E-state index contributed by atoms with van der Waals surface area (Å²) in [5, 5.41) is 3.68. The zero-order valence-electron chi connectivity index (χ0n) is 16.8. The molecule has 3 aliphatic heterocycles. The summed E-state index contributed by atoms with van der Waals surface area (Å²) >= 11 is 7.78. The molecule has 1 spiro atoms. The fraction of sp³-hybridized carbons (Fsp3) is 0.450. The molecule has 164 valence electrons. The molecule has 5 N–H and O–H groups in total. The second kappa shape index (κ2) is 8.01. The number of benzene rings is 1. The predicted molar refractivity (Wildman–Crippen MR) is 119 cm³/mol. The molecule has 2 aromatic rings. The van der Waals surface area contributed by atoms with Crippen LogP contribution in [0.5, 0.6) is 5.75 Å². The topological polar surface area (TPSA) is 129 Å². The van der Waals surface area contributed by atoms with E-state index in [1.54, 1.807) is 12.3 Å². The van der Waals surface area contributed by atoms with E-state index in [0.717, 1.165) is 38.4 Å². The monoisotopic (exact) mass is 462 g/mol. The minimum atomic E-state index is -0.242. The molecule has 1 unspecified atom stereocenters. The highest BCUT2D eigenvalue weighted by atomic mass is 35.5. The van der Waals surface area contributed by atoms with Crippen molar-refractivity contribution in [3.63, 3.8) is 0 Å². The number of ether oxygens (including phenoxy) is 2. The van der Waals surface area contributed by atoms with Crippen molar-refractivity contribution in [1.82, 2.24) is 9.97 Å². The van der Waals surface area contributed by atoms with Gasteiger partial charge >= 0.3 is 0 Å². The zero-order valence-corrected chi connectivity index (χ0v) is 18.3. The molecule has 0 radical (unpaired) electrons. The van der Waals surface area contributed by atoms with Gasteiger partial charge in [0.2, 0.25) is 0 Å². The van der Waals surface area contributed by atoms with Crippen LogP contribution in [0, 0.1) is 5.41 Å². The predicted octanol–water partition coefficient (Wildman–Crippen LogP) is 2.14. The van der Waals surface area contributed by atoms with Crippen LogP contribution in [0.2, 0.25) is 5.02 Å². The molecule has 3 aliphatic rings. The lowest BCUT2D eigenvalue weighted by Gasteiger charge is -2.41. The van der Waals surface area contributed by atoms with E-state index in [1.165, 1.54) is 11.8 Å². The van der Waals surface area contributed by atoms with Gasteiger partial charge in [0, 0.05) is 29.4 Å². The van der Waals surface area contributed by atoms with Gasteiger partial charge in [-0.15, -0.1) is 0 Å². The van der Waals surface area contributed by atoms with E-state index in [1.807, 2.05) is 6.07 Å². The Morgan fingerprint density at radius 1 is 1.32 bits per heavy atom. The van der Waals surface area contributed by atoms with Crippen LogP contribution < -0.4 is 26.4 Å². The van der Waals surface area contributed by atoms with Gasteiger partial charge in [0.05, 0.1) is 24.4 Å². The maximum atomic E-state index is 11.6. The van der Waals surface area contributed by atoms with Crippen LogP contribution >= 0.6 is 23.4 Å². The van der Waals surface area contributed by atoms with Gasteiger partial charge < -0.3 is 31.2 Å². The second-order valence-corrected chi connectivity index (χ2v) is 9.49. The highest BCUT2D eigenvalue weighted by Gasteiger charge is 2.44. The van der Waals surface area contributed by atoms with Crippen molar-refractivity contribution in [2.45, 2.75) is 28.8 Å². The van der Waals surface area contributed by atoms with E-state index < -0.39 is 0 Å². The van der Waals surface area contributed by atoms with Crippen molar-refractivity contribution in [3.8, 4) is 5.75 Å². The summed E-state index contributed by atoms with van der Waals surface area (Å²) in [5.74, 6) is 1.38. The molecule has 11 heteroatoms. The van der Waals surface area contributed by atoms with E-state index in [0.29, 0.717) is 38.8 Å². The number of piperidine rings is 1. The van der Waals surface area contributed by atoms with Crippen molar-refractivity contribution in [2.75, 3.05) is 48.9 Å². The lowest BCUT2D eigenvalue weighted by atomic mass is 9.75. The molecular formula is C20H23ClN6O3S. The maximum absolute atomic E-state index is 11.6. The first-order valence-corrected chi connectivity index (χ1v) is 11.3. The molecule has 0 aliphatic carbocycles. The summed E-state index contributed by atoms with van der Waals surface area (Å²) in [7, 11) is 0. The van der Waals surface area contributed by atoms with Crippen LogP contribution in [-0.4, -0.2) is 54.8 Å². The third-order valence-corrected chi connectivity index (χ3v) is 7.78. The van der Waals surface area contributed by atoms with Crippen LogP contribution in [0.25, 0.3) is 0 Å². The van der Waals surface area contributed by atoms with Crippen molar-refractivity contribution >= 4 is 46.6 Å². The Hall–Kier alpha value is -2.27. The van der Waals surface area contributed by atoms with Gasteiger partial charge in [-0.25, -0.2) is 9.97 Å². The average Bonchev–Trinajstić information content (AvgIpc) is 3.12. The largest absolute Gasteiger partial charge is 0.482 e. The minimum Gasteiger partial charge on any atom is -0.482 e. The average molecular weight is 463 g/mol. The number of amides is 1. The summed E-state index contributed by atoms with van der Waals surface area (Å²) in [6, 6.07) is 3.68. The van der Waals surface area contributed by atoms with Crippen molar-refractivity contribution < 1.29 is 14.3 Å². The lowest BCUT2D eigenvalue weighted by molar-refractivity contribution is -0.118. The van der Waals surface area contributed by atoms with E-state index in [4.69, 9.17) is 32.5 Å². The molecule has 2 saturated heterocycles. The number of aromatic nitrogens is 2. The number of anilines is 3. The van der Waals surface area contributed by atoms with E-state index >= 15 is 0 Å². The highest BCUT2D eigenvalue weighted by Crippen LogP contribution is 2.44. The quantitative estimate of drug-likeness (QED) is 0.628. The van der Waals surface area contributed by atoms with Gasteiger partial charge in [-0.05, 0) is 25.0 Å². The first kappa shape index (κ1) is 20.6. The molecule has 1 aromatic heterocycles. The number of fused-ring (bicyclic) bond motifs is 1. The normalized spacial score (nSPS) is 22.2. The Bertz CT molecular complexity index is 1030. The van der Waals surface area contributed by atoms with Crippen LogP contribution in [0.15, 0.2) is 28.3 Å². The third-order valence-electron chi connectivity index (χ3n) is 6.21. The van der Waals surface area contributed by atoms with Crippen LogP contribution in [0.4, 0.5) is 17.3 Å². The number of halogens is 1. The summed E-state index contributed by atoms with van der Waals surface area (Å²) < 4.78 is 11.0. The minimum absolute atomic E-state index is 0.0215. The number of nitrogens with zero attached hydrogens (tertiary/aromatic N) is 3. The van der Waals surface area contributed by atoms with Gasteiger partial charge in [-0.2, -0.15) is 0 Å². The SMILES string of the molecule is Nc1nc(N2CCC3(CC2)COCC3N)cnc1Sc1ccc2c(c1Cl)NC(=O)CO2. The number of carbonyl (C=O) groups excluding carboxylic acids is 1. The van der Waals surface area contributed by atoms with E-state index in [9.17, 15) is 4.79 Å². The first-order valence-electron chi connectivity index (χ1n) is 10.1. The maximum Gasteiger partial charge on any atom is 0.262 e. The van der Waals surface area contributed by atoms with Crippen molar-refractivity contribution in [1.29, 1.82) is 0 Å². The third kappa shape index (κ3) is 3.78. The zero-order chi connectivity index (χ0) is 21.6. The first-order chi connectivity index (χ1) is 14.9. The fourth-order valence-corrected chi connectivity index (χ4v) is 5.37. The molecule has 1 aromatic carbocycles. The summed E-state index contributed by atoms with van der Waals surface area (Å²) in [4.78, 5) is 23.6. The summed E-state index contributed by atoms with van der Waals surface area (Å²) in [5.41, 5.74) is 13.0. The molecule has 4 heterocycles. The number of hydrogen-bond donors (Lipinski definition) is 3. The molecule has 31 heavy (non-hydrogen) atoms. The van der Waals surface area contributed by atoms with Gasteiger partial charge in [0.1, 0.15) is 22.3 Å². The molecule has 1 atom stereocenters. The molecule has 0 saturated carbocycles. The molecular weight excluding hydrogens is 440 g/mol. The van der Waals surface area contributed by atoms with Crippen molar-refractivity contribution in [3.05, 3.63) is 23.4 Å². The van der Waals surface area contributed by atoms with Gasteiger partial charge in [0.15, 0.2) is 12.4 Å². The summed E-state index contributed by atoms with van der Waals surface area (Å²) in [6.45, 7) is 3.03. The van der Waals surface area contributed by atoms with Gasteiger partial charge in [-0.3, -0.25) is 4.79 Å². The van der Waals surface area contributed by atoms with E-state index in [2.05, 4.69) is 20.2 Å². The van der Waals surface area contributed by atoms with Crippen LogP contribution in [0.1, 0.15) is 12.8 Å². The number of nitrogens with two attached hydrogens (primary N) is 2. The molecule has 1 amide bonds.